The average molecular weight is 413 g/mol. The van der Waals surface area contributed by atoms with Crippen LogP contribution in [-0.2, 0) is 10.1 Å². The summed E-state index contributed by atoms with van der Waals surface area (Å²) >= 11 is 6.30. The minimum absolute atomic E-state index is 0.412. The van der Waals surface area contributed by atoms with Crippen molar-refractivity contribution in [3.63, 3.8) is 0 Å². The van der Waals surface area contributed by atoms with Crippen LogP contribution in [0.5, 0.6) is 5.75 Å². The highest BCUT2D eigenvalue weighted by Gasteiger charge is 2.48. The summed E-state index contributed by atoms with van der Waals surface area (Å²) in [6, 6.07) is 18.3. The minimum Gasteiger partial charge on any atom is -0.376 e. The van der Waals surface area contributed by atoms with E-state index in [4.69, 9.17) is 11.6 Å². The van der Waals surface area contributed by atoms with E-state index in [0.29, 0.717) is 15.8 Å². The van der Waals surface area contributed by atoms with Gasteiger partial charge >= 0.3 is 15.6 Å². The molecule has 0 aliphatic rings. The molecular weight excluding hydrogens is 401 g/mol. The Morgan fingerprint density at radius 1 is 0.926 bits per heavy atom. The van der Waals surface area contributed by atoms with E-state index >= 15 is 0 Å². The van der Waals surface area contributed by atoms with Crippen molar-refractivity contribution in [3.8, 4) is 5.75 Å². The van der Waals surface area contributed by atoms with Crippen LogP contribution in [0.4, 0.5) is 13.2 Å². The van der Waals surface area contributed by atoms with Crippen LogP contribution in [0.15, 0.2) is 66.7 Å². The quantitative estimate of drug-likeness (QED) is 0.309. The Labute approximate surface area is 158 Å². The van der Waals surface area contributed by atoms with Crippen LogP contribution in [-0.4, -0.2) is 13.9 Å². The van der Waals surface area contributed by atoms with Crippen LogP contribution >= 0.6 is 11.6 Å². The van der Waals surface area contributed by atoms with E-state index in [-0.39, 0.29) is 0 Å². The van der Waals surface area contributed by atoms with Gasteiger partial charge in [-0.2, -0.15) is 21.6 Å². The van der Waals surface area contributed by atoms with Gasteiger partial charge in [-0.1, -0.05) is 60.1 Å². The molecule has 3 aromatic rings. The second-order valence-electron chi connectivity index (χ2n) is 5.61. The molecule has 0 fully saturated rings. The summed E-state index contributed by atoms with van der Waals surface area (Å²) in [6.45, 7) is 0. The van der Waals surface area contributed by atoms with Crippen molar-refractivity contribution >= 4 is 43.6 Å². The Bertz CT molecular complexity index is 1110. The fourth-order valence-corrected chi connectivity index (χ4v) is 3.09. The standard InChI is InChI=1S/C19H12ClF3O3S/c20-18(14-4-2-1-3-5-14)11-13-6-7-16-12-17(9-8-15(16)10-13)26-27(24,25)19(21,22)23/h1-12H. The SMILES string of the molecule is O=S(=O)(Oc1ccc2cc(C=C(Cl)c3ccccc3)ccc2c1)C(F)(F)F. The molecule has 0 saturated heterocycles. The van der Waals surface area contributed by atoms with E-state index < -0.39 is 21.4 Å². The molecule has 0 amide bonds. The molecule has 0 aromatic heterocycles. The average Bonchev–Trinajstić information content (AvgIpc) is 2.61. The van der Waals surface area contributed by atoms with E-state index in [9.17, 15) is 21.6 Å². The van der Waals surface area contributed by atoms with E-state index in [2.05, 4.69) is 4.18 Å². The lowest BCUT2D eigenvalue weighted by atomic mass is 10.1. The lowest BCUT2D eigenvalue weighted by Crippen LogP contribution is -2.28. The summed E-state index contributed by atoms with van der Waals surface area (Å²) in [6.07, 6.45) is 1.76. The minimum atomic E-state index is -5.70. The normalized spacial score (nSPS) is 13.0. The van der Waals surface area contributed by atoms with Crippen molar-refractivity contribution in [1.29, 1.82) is 0 Å². The topological polar surface area (TPSA) is 43.4 Å². The molecule has 0 aliphatic heterocycles. The van der Waals surface area contributed by atoms with Gasteiger partial charge in [-0.3, -0.25) is 0 Å². The van der Waals surface area contributed by atoms with Crippen LogP contribution < -0.4 is 4.18 Å². The first-order chi connectivity index (χ1) is 12.7. The highest BCUT2D eigenvalue weighted by Crippen LogP contribution is 2.30. The summed E-state index contributed by atoms with van der Waals surface area (Å²) in [5.74, 6) is -0.412. The summed E-state index contributed by atoms with van der Waals surface area (Å²) in [7, 11) is -5.70. The molecule has 3 nitrogen and oxygen atoms in total. The largest absolute Gasteiger partial charge is 0.534 e. The van der Waals surface area contributed by atoms with Gasteiger partial charge < -0.3 is 4.18 Å². The fraction of sp³-hybridized carbons (Fsp3) is 0.0526. The predicted octanol–water partition coefficient (Wildman–Crippen LogP) is 5.81. The van der Waals surface area contributed by atoms with Gasteiger partial charge in [0, 0.05) is 5.03 Å². The summed E-state index contributed by atoms with van der Waals surface area (Å²) in [4.78, 5) is 0. The van der Waals surface area contributed by atoms with Crippen LogP contribution in [0.3, 0.4) is 0 Å². The Hall–Kier alpha value is -2.51. The first-order valence-electron chi connectivity index (χ1n) is 7.63. The number of halogens is 4. The van der Waals surface area contributed by atoms with E-state index in [1.807, 2.05) is 30.3 Å². The fourth-order valence-electron chi connectivity index (χ4n) is 2.38. The zero-order chi connectivity index (χ0) is 19.7. The molecule has 0 unspecified atom stereocenters. The third-order valence-electron chi connectivity index (χ3n) is 3.67. The zero-order valence-corrected chi connectivity index (χ0v) is 15.1. The van der Waals surface area contributed by atoms with Crippen molar-refractivity contribution in [2.45, 2.75) is 5.51 Å². The van der Waals surface area contributed by atoms with Gasteiger partial charge in [0.15, 0.2) is 0 Å². The lowest BCUT2D eigenvalue weighted by Gasteiger charge is -2.10. The number of fused-ring (bicyclic) bond motifs is 1. The highest BCUT2D eigenvalue weighted by molar-refractivity contribution is 7.88. The lowest BCUT2D eigenvalue weighted by molar-refractivity contribution is -0.0500. The number of rotatable bonds is 4. The number of alkyl halides is 3. The molecule has 0 heterocycles. The maximum absolute atomic E-state index is 12.4. The van der Waals surface area contributed by atoms with Gasteiger partial charge in [0.25, 0.3) is 0 Å². The van der Waals surface area contributed by atoms with E-state index in [0.717, 1.165) is 17.2 Å². The summed E-state index contributed by atoms with van der Waals surface area (Å²) in [5.41, 5.74) is -3.85. The number of hydrogen-bond acceptors (Lipinski definition) is 3. The third-order valence-corrected chi connectivity index (χ3v) is 4.97. The van der Waals surface area contributed by atoms with Crippen molar-refractivity contribution in [2.75, 3.05) is 0 Å². The van der Waals surface area contributed by atoms with Gasteiger partial charge in [0.2, 0.25) is 0 Å². The van der Waals surface area contributed by atoms with Crippen molar-refractivity contribution in [1.82, 2.24) is 0 Å². The molecule has 0 spiro atoms. The molecule has 0 atom stereocenters. The van der Waals surface area contributed by atoms with Crippen LogP contribution in [0.1, 0.15) is 11.1 Å². The second-order valence-corrected chi connectivity index (χ2v) is 7.55. The van der Waals surface area contributed by atoms with E-state index in [1.165, 1.54) is 12.1 Å². The molecule has 0 N–H and O–H groups in total. The molecule has 0 bridgehead atoms. The molecule has 3 rings (SSSR count). The molecule has 0 radical (unpaired) electrons. The smallest absolute Gasteiger partial charge is 0.376 e. The second kappa shape index (κ2) is 7.25. The maximum atomic E-state index is 12.4. The first kappa shape index (κ1) is 19.3. The van der Waals surface area contributed by atoms with Crippen molar-refractivity contribution in [2.24, 2.45) is 0 Å². The zero-order valence-electron chi connectivity index (χ0n) is 13.6. The summed E-state index contributed by atoms with van der Waals surface area (Å²) in [5, 5.41) is 1.75. The van der Waals surface area contributed by atoms with Crippen molar-refractivity contribution in [3.05, 3.63) is 77.9 Å². The molecule has 3 aromatic carbocycles. The summed E-state index contributed by atoms with van der Waals surface area (Å²) < 4.78 is 63.6. The van der Waals surface area contributed by atoms with Crippen molar-refractivity contribution < 1.29 is 25.8 Å². The maximum Gasteiger partial charge on any atom is 0.534 e. The molecule has 0 aliphatic carbocycles. The number of hydrogen-bond donors (Lipinski definition) is 0. The van der Waals surface area contributed by atoms with Crippen LogP contribution in [0.25, 0.3) is 21.9 Å². The first-order valence-corrected chi connectivity index (χ1v) is 9.41. The van der Waals surface area contributed by atoms with Gasteiger partial charge in [0.05, 0.1) is 0 Å². The third kappa shape index (κ3) is 4.43. The number of benzene rings is 3. The Balaban J connectivity index is 1.90. The molecule has 27 heavy (non-hydrogen) atoms. The van der Waals surface area contributed by atoms with Gasteiger partial charge in [-0.15, -0.1) is 0 Å². The highest BCUT2D eigenvalue weighted by atomic mass is 35.5. The molecule has 140 valence electrons. The molecular formula is C19H12ClF3O3S. The Morgan fingerprint density at radius 3 is 2.22 bits per heavy atom. The monoisotopic (exact) mass is 412 g/mol. The Kier molecular flexibility index (Phi) is 5.17. The molecule has 0 saturated carbocycles. The molecule has 8 heteroatoms. The van der Waals surface area contributed by atoms with Crippen LogP contribution in [0.2, 0.25) is 0 Å². The van der Waals surface area contributed by atoms with Gasteiger partial charge in [0.1, 0.15) is 5.75 Å². The predicted molar refractivity (Wildman–Crippen MR) is 99.7 cm³/mol. The van der Waals surface area contributed by atoms with Crippen LogP contribution in [0, 0.1) is 0 Å². The van der Waals surface area contributed by atoms with Gasteiger partial charge in [-0.25, -0.2) is 0 Å². The van der Waals surface area contributed by atoms with Gasteiger partial charge in [-0.05, 0) is 46.2 Å². The Morgan fingerprint density at radius 2 is 1.56 bits per heavy atom. The van der Waals surface area contributed by atoms with E-state index in [1.54, 1.807) is 24.3 Å².